The predicted molar refractivity (Wildman–Crippen MR) is 65.8 cm³/mol. The highest BCUT2D eigenvalue weighted by Crippen LogP contribution is 2.32. The van der Waals surface area contributed by atoms with Crippen molar-refractivity contribution < 1.29 is 5.11 Å². The first kappa shape index (κ1) is 11.1. The van der Waals surface area contributed by atoms with E-state index in [2.05, 4.69) is 4.98 Å². The summed E-state index contributed by atoms with van der Waals surface area (Å²) in [5.41, 5.74) is 0.939. The van der Waals surface area contributed by atoms with Crippen molar-refractivity contribution in [2.45, 2.75) is 19.4 Å². The molecule has 2 heterocycles. The number of halogens is 1. The molecule has 0 aliphatic heterocycles. The van der Waals surface area contributed by atoms with Gasteiger partial charge in [0.15, 0.2) is 0 Å². The lowest BCUT2D eigenvalue weighted by Gasteiger charge is -1.98. The molecule has 2 aromatic heterocycles. The lowest BCUT2D eigenvalue weighted by Crippen LogP contribution is -2.03. The van der Waals surface area contributed by atoms with Gasteiger partial charge in [-0.05, 0) is 19.1 Å². The SMILES string of the molecule is CC(O)Cc1csc(-c2ccc(Cl)s2)n1. The predicted octanol–water partition coefficient (Wildman–Crippen LogP) is 3.45. The summed E-state index contributed by atoms with van der Waals surface area (Å²) in [6, 6.07) is 3.84. The fourth-order valence-corrected chi connectivity index (χ4v) is 3.19. The van der Waals surface area contributed by atoms with Crippen LogP contribution in [-0.2, 0) is 6.42 Å². The van der Waals surface area contributed by atoms with Crippen molar-refractivity contribution in [3.8, 4) is 9.88 Å². The summed E-state index contributed by atoms with van der Waals surface area (Å²) in [4.78, 5) is 5.53. The molecule has 15 heavy (non-hydrogen) atoms. The average molecular weight is 260 g/mol. The van der Waals surface area contributed by atoms with Crippen molar-refractivity contribution in [3.63, 3.8) is 0 Å². The van der Waals surface area contributed by atoms with E-state index in [0.29, 0.717) is 6.42 Å². The molecule has 0 aliphatic rings. The van der Waals surface area contributed by atoms with E-state index < -0.39 is 0 Å². The lowest BCUT2D eigenvalue weighted by molar-refractivity contribution is 0.194. The van der Waals surface area contributed by atoms with Crippen LogP contribution in [-0.4, -0.2) is 16.2 Å². The molecule has 0 aliphatic carbocycles. The van der Waals surface area contributed by atoms with E-state index in [4.69, 9.17) is 11.6 Å². The molecule has 2 rings (SSSR count). The molecule has 0 bridgehead atoms. The largest absolute Gasteiger partial charge is 0.393 e. The highest BCUT2D eigenvalue weighted by Gasteiger charge is 2.08. The van der Waals surface area contributed by atoms with Crippen LogP contribution in [0.1, 0.15) is 12.6 Å². The third kappa shape index (κ3) is 2.78. The highest BCUT2D eigenvalue weighted by atomic mass is 35.5. The van der Waals surface area contributed by atoms with Crippen LogP contribution in [0.15, 0.2) is 17.5 Å². The Labute approximate surface area is 101 Å². The zero-order valence-corrected chi connectivity index (χ0v) is 10.5. The van der Waals surface area contributed by atoms with Gasteiger partial charge in [-0.3, -0.25) is 0 Å². The topological polar surface area (TPSA) is 33.1 Å². The molecule has 0 fully saturated rings. The second-order valence-corrected chi connectivity index (χ2v) is 5.87. The Bertz CT molecular complexity index is 450. The van der Waals surface area contributed by atoms with Crippen molar-refractivity contribution >= 4 is 34.3 Å². The minimum atomic E-state index is -0.341. The summed E-state index contributed by atoms with van der Waals surface area (Å²) in [6.45, 7) is 1.76. The van der Waals surface area contributed by atoms with Crippen molar-refractivity contribution in [1.29, 1.82) is 0 Å². The molecule has 0 amide bonds. The van der Waals surface area contributed by atoms with Crippen molar-refractivity contribution in [3.05, 3.63) is 27.5 Å². The van der Waals surface area contributed by atoms with Gasteiger partial charge in [-0.2, -0.15) is 0 Å². The van der Waals surface area contributed by atoms with E-state index in [1.54, 1.807) is 18.3 Å². The normalized spacial score (nSPS) is 13.0. The van der Waals surface area contributed by atoms with Crippen LogP contribution in [0.5, 0.6) is 0 Å². The Morgan fingerprint density at radius 2 is 2.33 bits per heavy atom. The number of thiophene rings is 1. The molecule has 0 aromatic carbocycles. The third-order valence-electron chi connectivity index (χ3n) is 1.84. The van der Waals surface area contributed by atoms with Gasteiger partial charge < -0.3 is 5.11 Å². The van der Waals surface area contributed by atoms with E-state index in [9.17, 15) is 5.11 Å². The fourth-order valence-electron chi connectivity index (χ4n) is 1.25. The Hall–Kier alpha value is -0.420. The molecule has 80 valence electrons. The van der Waals surface area contributed by atoms with Crippen LogP contribution in [0.3, 0.4) is 0 Å². The molecule has 1 N–H and O–H groups in total. The Balaban J connectivity index is 2.20. The number of aliphatic hydroxyl groups excluding tert-OH is 1. The summed E-state index contributed by atoms with van der Waals surface area (Å²) >= 11 is 8.97. The van der Waals surface area contributed by atoms with Gasteiger partial charge >= 0.3 is 0 Å². The maximum Gasteiger partial charge on any atom is 0.133 e. The van der Waals surface area contributed by atoms with Crippen molar-refractivity contribution in [2.75, 3.05) is 0 Å². The summed E-state index contributed by atoms with van der Waals surface area (Å²) in [5, 5.41) is 12.2. The molecule has 1 atom stereocenters. The molecule has 1 unspecified atom stereocenters. The Morgan fingerprint density at radius 1 is 1.53 bits per heavy atom. The number of aromatic nitrogens is 1. The Morgan fingerprint density at radius 3 is 2.93 bits per heavy atom. The van der Waals surface area contributed by atoms with E-state index in [0.717, 1.165) is 19.9 Å². The summed E-state index contributed by atoms with van der Waals surface area (Å²) < 4.78 is 0.775. The summed E-state index contributed by atoms with van der Waals surface area (Å²) in [5.74, 6) is 0. The number of nitrogens with zero attached hydrogens (tertiary/aromatic N) is 1. The molecule has 0 saturated heterocycles. The van der Waals surface area contributed by atoms with Crippen LogP contribution < -0.4 is 0 Å². The number of hydrogen-bond acceptors (Lipinski definition) is 4. The molecule has 0 radical (unpaired) electrons. The first-order chi connectivity index (χ1) is 7.15. The van der Waals surface area contributed by atoms with Crippen LogP contribution in [0.2, 0.25) is 4.34 Å². The smallest absolute Gasteiger partial charge is 0.133 e. The van der Waals surface area contributed by atoms with E-state index in [-0.39, 0.29) is 6.10 Å². The summed E-state index contributed by atoms with van der Waals surface area (Å²) in [6.07, 6.45) is 0.266. The molecule has 0 saturated carbocycles. The van der Waals surface area contributed by atoms with Gasteiger partial charge in [-0.1, -0.05) is 11.6 Å². The highest BCUT2D eigenvalue weighted by molar-refractivity contribution is 7.23. The van der Waals surface area contributed by atoms with Gasteiger partial charge in [-0.15, -0.1) is 22.7 Å². The van der Waals surface area contributed by atoms with Gasteiger partial charge in [0, 0.05) is 11.8 Å². The molecule has 5 heteroatoms. The number of hydrogen-bond donors (Lipinski definition) is 1. The molecular weight excluding hydrogens is 250 g/mol. The van der Waals surface area contributed by atoms with E-state index in [1.165, 1.54) is 11.3 Å². The van der Waals surface area contributed by atoms with Crippen LogP contribution in [0.4, 0.5) is 0 Å². The zero-order chi connectivity index (χ0) is 10.8. The maximum atomic E-state index is 9.24. The first-order valence-corrected chi connectivity index (χ1v) is 6.61. The van der Waals surface area contributed by atoms with Crippen molar-refractivity contribution in [2.24, 2.45) is 0 Å². The standard InChI is InChI=1S/C10H10ClNOS2/c1-6(13)4-7-5-14-10(12-7)8-2-3-9(11)15-8/h2-3,5-6,13H,4H2,1H3. The van der Waals surface area contributed by atoms with Crippen molar-refractivity contribution in [1.82, 2.24) is 4.98 Å². The first-order valence-electron chi connectivity index (χ1n) is 4.53. The van der Waals surface area contributed by atoms with E-state index >= 15 is 0 Å². The van der Waals surface area contributed by atoms with Crippen LogP contribution in [0.25, 0.3) is 9.88 Å². The molecule has 2 aromatic rings. The average Bonchev–Trinajstić information content (AvgIpc) is 2.72. The maximum absolute atomic E-state index is 9.24. The van der Waals surface area contributed by atoms with Gasteiger partial charge in [0.2, 0.25) is 0 Å². The number of rotatable bonds is 3. The second kappa shape index (κ2) is 4.61. The van der Waals surface area contributed by atoms with Crippen LogP contribution in [0, 0.1) is 0 Å². The molecule has 0 spiro atoms. The minimum Gasteiger partial charge on any atom is -0.393 e. The Kier molecular flexibility index (Phi) is 3.41. The number of thiazole rings is 1. The van der Waals surface area contributed by atoms with Gasteiger partial charge in [0.1, 0.15) is 5.01 Å². The molecule has 2 nitrogen and oxygen atoms in total. The monoisotopic (exact) mass is 259 g/mol. The van der Waals surface area contributed by atoms with Gasteiger partial charge in [0.05, 0.1) is 21.0 Å². The van der Waals surface area contributed by atoms with E-state index in [1.807, 2.05) is 17.5 Å². The van der Waals surface area contributed by atoms with Crippen LogP contribution >= 0.6 is 34.3 Å². The van der Waals surface area contributed by atoms with Gasteiger partial charge in [-0.25, -0.2) is 4.98 Å². The quantitative estimate of drug-likeness (QED) is 0.916. The van der Waals surface area contributed by atoms with Gasteiger partial charge in [0.25, 0.3) is 0 Å². The summed E-state index contributed by atoms with van der Waals surface area (Å²) in [7, 11) is 0. The zero-order valence-electron chi connectivity index (χ0n) is 8.11. The fraction of sp³-hybridized carbons (Fsp3) is 0.300. The molecular formula is C10H10ClNOS2. The lowest BCUT2D eigenvalue weighted by atomic mass is 10.2. The number of aliphatic hydroxyl groups is 1. The minimum absolute atomic E-state index is 0.341. The third-order valence-corrected chi connectivity index (χ3v) is 4.13. The second-order valence-electron chi connectivity index (χ2n) is 3.30.